The predicted molar refractivity (Wildman–Crippen MR) is 109 cm³/mol. The molecule has 0 radical (unpaired) electrons. The van der Waals surface area contributed by atoms with Crippen molar-refractivity contribution < 1.29 is 14.3 Å². The Morgan fingerprint density at radius 2 is 1.79 bits per heavy atom. The van der Waals surface area contributed by atoms with Gasteiger partial charge in [0, 0.05) is 11.6 Å². The van der Waals surface area contributed by atoms with Gasteiger partial charge in [0.1, 0.15) is 17.2 Å². The minimum absolute atomic E-state index is 0.0759. The summed E-state index contributed by atoms with van der Waals surface area (Å²) in [4.78, 5) is 12.9. The third kappa shape index (κ3) is 4.17. The van der Waals surface area contributed by atoms with Gasteiger partial charge in [0.2, 0.25) is 0 Å². The average molecular weight is 379 g/mol. The molecule has 0 aliphatic heterocycles. The summed E-state index contributed by atoms with van der Waals surface area (Å²) < 4.78 is 12.2. The maximum atomic E-state index is 12.9. The molecule has 1 N–H and O–H groups in total. The molecule has 1 heterocycles. The molecule has 28 heavy (non-hydrogen) atoms. The molecule has 0 aliphatic carbocycles. The molecule has 1 unspecified atom stereocenters. The lowest BCUT2D eigenvalue weighted by atomic mass is 10.1. The van der Waals surface area contributed by atoms with Crippen molar-refractivity contribution in [2.75, 3.05) is 14.2 Å². The van der Waals surface area contributed by atoms with E-state index >= 15 is 0 Å². The highest BCUT2D eigenvalue weighted by molar-refractivity contribution is 5.94. The Hall–Kier alpha value is -3.28. The van der Waals surface area contributed by atoms with Gasteiger partial charge in [0.05, 0.1) is 25.6 Å². The molecule has 0 saturated carbocycles. The molecule has 1 amide bonds. The highest BCUT2D eigenvalue weighted by atomic mass is 16.5. The maximum Gasteiger partial charge on any atom is 0.270 e. The van der Waals surface area contributed by atoms with Crippen LogP contribution in [0.25, 0.3) is 16.9 Å². The standard InChI is InChI=1S/C22H25N3O3/c1-5-15(2)23-22(26)21-14-20(16-7-6-8-19(13-16)28-4)24-25(21)17-9-11-18(27-3)12-10-17/h6-15H,5H2,1-4H3,(H,23,26). The summed E-state index contributed by atoms with van der Waals surface area (Å²) in [5.41, 5.74) is 2.83. The van der Waals surface area contributed by atoms with Crippen LogP contribution in [0.3, 0.4) is 0 Å². The number of methoxy groups -OCH3 is 2. The quantitative estimate of drug-likeness (QED) is 0.672. The first kappa shape index (κ1) is 19.5. The molecule has 3 rings (SSSR count). The van der Waals surface area contributed by atoms with Gasteiger partial charge in [-0.15, -0.1) is 0 Å². The first-order chi connectivity index (χ1) is 13.5. The Balaban J connectivity index is 2.06. The van der Waals surface area contributed by atoms with Crippen molar-refractivity contribution >= 4 is 5.91 Å². The van der Waals surface area contributed by atoms with Gasteiger partial charge in [0.15, 0.2) is 0 Å². The third-order valence-electron chi connectivity index (χ3n) is 4.61. The number of amides is 1. The largest absolute Gasteiger partial charge is 0.497 e. The summed E-state index contributed by atoms with van der Waals surface area (Å²) in [6, 6.07) is 16.9. The van der Waals surface area contributed by atoms with Crippen LogP contribution < -0.4 is 14.8 Å². The van der Waals surface area contributed by atoms with Crippen molar-refractivity contribution in [3.8, 4) is 28.4 Å². The van der Waals surface area contributed by atoms with E-state index in [4.69, 9.17) is 14.6 Å². The van der Waals surface area contributed by atoms with E-state index in [1.165, 1.54) is 0 Å². The summed E-state index contributed by atoms with van der Waals surface area (Å²) in [6.07, 6.45) is 0.852. The molecule has 0 aliphatic rings. The van der Waals surface area contributed by atoms with Gasteiger partial charge in [-0.25, -0.2) is 4.68 Å². The van der Waals surface area contributed by atoms with Crippen LogP contribution in [0.15, 0.2) is 54.6 Å². The van der Waals surface area contributed by atoms with E-state index in [0.29, 0.717) is 11.4 Å². The minimum atomic E-state index is -0.160. The second kappa shape index (κ2) is 8.61. The first-order valence-corrected chi connectivity index (χ1v) is 9.25. The number of nitrogens with zero attached hydrogens (tertiary/aromatic N) is 2. The Bertz CT molecular complexity index is 948. The zero-order chi connectivity index (χ0) is 20.1. The Morgan fingerprint density at radius 3 is 2.43 bits per heavy atom. The predicted octanol–water partition coefficient (Wildman–Crippen LogP) is 4.08. The van der Waals surface area contributed by atoms with Crippen molar-refractivity contribution in [2.24, 2.45) is 0 Å². The summed E-state index contributed by atoms with van der Waals surface area (Å²) in [7, 11) is 3.24. The topological polar surface area (TPSA) is 65.4 Å². The van der Waals surface area contributed by atoms with Crippen molar-refractivity contribution in [2.45, 2.75) is 26.3 Å². The number of carbonyl (C=O) groups is 1. The zero-order valence-electron chi connectivity index (χ0n) is 16.6. The van der Waals surface area contributed by atoms with E-state index in [-0.39, 0.29) is 11.9 Å². The molecular formula is C22H25N3O3. The third-order valence-corrected chi connectivity index (χ3v) is 4.61. The highest BCUT2D eigenvalue weighted by Gasteiger charge is 2.19. The Labute approximate surface area is 165 Å². The summed E-state index contributed by atoms with van der Waals surface area (Å²) in [6.45, 7) is 4.02. The molecule has 146 valence electrons. The van der Waals surface area contributed by atoms with E-state index in [1.807, 2.05) is 62.4 Å². The zero-order valence-corrected chi connectivity index (χ0v) is 16.6. The van der Waals surface area contributed by atoms with Crippen LogP contribution >= 0.6 is 0 Å². The lowest BCUT2D eigenvalue weighted by Crippen LogP contribution is -2.33. The number of carbonyl (C=O) groups excluding carboxylic acids is 1. The fourth-order valence-electron chi connectivity index (χ4n) is 2.79. The number of hydrogen-bond donors (Lipinski definition) is 1. The molecule has 0 bridgehead atoms. The number of aromatic nitrogens is 2. The maximum absolute atomic E-state index is 12.9. The van der Waals surface area contributed by atoms with E-state index in [2.05, 4.69) is 5.32 Å². The number of hydrogen-bond acceptors (Lipinski definition) is 4. The van der Waals surface area contributed by atoms with Crippen molar-refractivity contribution in [3.63, 3.8) is 0 Å². The fraction of sp³-hybridized carbons (Fsp3) is 0.273. The van der Waals surface area contributed by atoms with Crippen LogP contribution in [0.4, 0.5) is 0 Å². The van der Waals surface area contributed by atoms with Crippen LogP contribution in [-0.4, -0.2) is 35.9 Å². The van der Waals surface area contributed by atoms with E-state index in [1.54, 1.807) is 25.0 Å². The fourth-order valence-corrected chi connectivity index (χ4v) is 2.79. The van der Waals surface area contributed by atoms with Crippen LogP contribution in [0.2, 0.25) is 0 Å². The molecule has 0 spiro atoms. The Kier molecular flexibility index (Phi) is 5.99. The van der Waals surface area contributed by atoms with E-state index in [0.717, 1.165) is 29.2 Å². The molecule has 0 saturated heterocycles. The number of rotatable bonds is 7. The lowest BCUT2D eigenvalue weighted by molar-refractivity contribution is 0.0931. The molecule has 0 fully saturated rings. The van der Waals surface area contributed by atoms with Gasteiger partial charge in [-0.3, -0.25) is 4.79 Å². The minimum Gasteiger partial charge on any atom is -0.497 e. The molecule has 6 heteroatoms. The van der Waals surface area contributed by atoms with Gasteiger partial charge in [-0.05, 0) is 55.8 Å². The van der Waals surface area contributed by atoms with Gasteiger partial charge in [-0.1, -0.05) is 19.1 Å². The van der Waals surface area contributed by atoms with Crippen molar-refractivity contribution in [1.29, 1.82) is 0 Å². The SMILES string of the molecule is CCC(C)NC(=O)c1cc(-c2cccc(OC)c2)nn1-c1ccc(OC)cc1. The molecule has 6 nitrogen and oxygen atoms in total. The molecular weight excluding hydrogens is 354 g/mol. The summed E-state index contributed by atoms with van der Waals surface area (Å²) in [5, 5.41) is 7.71. The molecule has 2 aromatic carbocycles. The monoisotopic (exact) mass is 379 g/mol. The average Bonchev–Trinajstić information content (AvgIpc) is 3.19. The number of nitrogens with one attached hydrogen (secondary N) is 1. The summed E-state index contributed by atoms with van der Waals surface area (Å²) >= 11 is 0. The first-order valence-electron chi connectivity index (χ1n) is 9.25. The lowest BCUT2D eigenvalue weighted by Gasteiger charge is -2.12. The second-order valence-electron chi connectivity index (χ2n) is 6.54. The van der Waals surface area contributed by atoms with E-state index in [9.17, 15) is 4.79 Å². The summed E-state index contributed by atoms with van der Waals surface area (Å²) in [5.74, 6) is 1.32. The van der Waals surface area contributed by atoms with Crippen LogP contribution in [0.5, 0.6) is 11.5 Å². The Morgan fingerprint density at radius 1 is 1.07 bits per heavy atom. The highest BCUT2D eigenvalue weighted by Crippen LogP contribution is 2.26. The van der Waals surface area contributed by atoms with E-state index < -0.39 is 0 Å². The number of ether oxygens (including phenoxy) is 2. The number of benzene rings is 2. The van der Waals surface area contributed by atoms with Crippen molar-refractivity contribution in [3.05, 3.63) is 60.3 Å². The molecule has 1 atom stereocenters. The van der Waals surface area contributed by atoms with Crippen LogP contribution in [0, 0.1) is 0 Å². The molecule has 1 aromatic heterocycles. The van der Waals surface area contributed by atoms with Crippen molar-refractivity contribution in [1.82, 2.24) is 15.1 Å². The normalized spacial score (nSPS) is 11.7. The van der Waals surface area contributed by atoms with Crippen LogP contribution in [-0.2, 0) is 0 Å². The second-order valence-corrected chi connectivity index (χ2v) is 6.54. The smallest absolute Gasteiger partial charge is 0.270 e. The van der Waals surface area contributed by atoms with Crippen LogP contribution in [0.1, 0.15) is 30.8 Å². The van der Waals surface area contributed by atoms with Gasteiger partial charge in [-0.2, -0.15) is 5.10 Å². The van der Waals surface area contributed by atoms with Gasteiger partial charge < -0.3 is 14.8 Å². The molecule has 3 aromatic rings. The van der Waals surface area contributed by atoms with Gasteiger partial charge in [0.25, 0.3) is 5.91 Å². The van der Waals surface area contributed by atoms with Gasteiger partial charge >= 0.3 is 0 Å².